The van der Waals surface area contributed by atoms with E-state index in [9.17, 15) is 9.59 Å². The number of carbonyl (C=O) groups is 2. The lowest BCUT2D eigenvalue weighted by Crippen LogP contribution is -2.52. The second-order valence-corrected chi connectivity index (χ2v) is 13.5. The van der Waals surface area contributed by atoms with Crippen molar-refractivity contribution < 1.29 is 33.3 Å². The van der Waals surface area contributed by atoms with Gasteiger partial charge in [0.05, 0.1) is 36.9 Å². The molecule has 3 aliphatic rings. The van der Waals surface area contributed by atoms with Gasteiger partial charge in [-0.15, -0.1) is 0 Å². The molecule has 3 unspecified atom stereocenters. The third-order valence-corrected chi connectivity index (χ3v) is 10.2. The minimum atomic E-state index is -0.795. The number of aromatic nitrogens is 1. The van der Waals surface area contributed by atoms with E-state index in [1.165, 1.54) is 19.5 Å². The Balaban J connectivity index is 1.22. The zero-order valence-electron chi connectivity index (χ0n) is 28.8. The van der Waals surface area contributed by atoms with Gasteiger partial charge in [0.15, 0.2) is 11.5 Å². The number of hydrogen-bond donors (Lipinski definition) is 1. The fourth-order valence-corrected chi connectivity index (χ4v) is 7.33. The van der Waals surface area contributed by atoms with Crippen molar-refractivity contribution in [1.82, 2.24) is 15.2 Å². The van der Waals surface area contributed by atoms with Gasteiger partial charge in [-0.05, 0) is 78.9 Å². The van der Waals surface area contributed by atoms with E-state index in [1.807, 2.05) is 30.3 Å². The van der Waals surface area contributed by atoms with Crippen LogP contribution in [0, 0.1) is 5.92 Å². The third-order valence-electron chi connectivity index (χ3n) is 9.59. The second-order valence-electron chi connectivity index (χ2n) is 12.7. The normalized spacial score (nSPS) is 19.1. The van der Waals surface area contributed by atoms with Crippen molar-refractivity contribution in [1.29, 1.82) is 0 Å². The van der Waals surface area contributed by atoms with Crippen molar-refractivity contribution in [3.8, 4) is 17.2 Å². The number of halogens is 2. The standard InChI is InChI=1S/C39H41Cl2N3O7/c1-47-32-10-5-4-9-28(32)37(39(46)51-36-23-44-15-13-25(36)14-16-44)43-20-24-7-6-8-27(17-24)38(45)50-34(19-29-30(40)21-42-22-31(29)41)26-11-12-33(48-2)35(18-26)49-3/h4-12,17-18,21-22,25,34,36-37,43H,13-16,19-20,23H2,1-3H3. The van der Waals surface area contributed by atoms with E-state index in [1.54, 1.807) is 50.6 Å². The molecule has 0 saturated carbocycles. The summed E-state index contributed by atoms with van der Waals surface area (Å²) in [6, 6.07) is 19.0. The maximum atomic E-state index is 13.8. The van der Waals surface area contributed by atoms with E-state index in [2.05, 4.69) is 15.2 Å². The maximum Gasteiger partial charge on any atom is 0.338 e. The zero-order valence-corrected chi connectivity index (χ0v) is 30.3. The molecule has 3 fully saturated rings. The Labute approximate surface area is 307 Å². The molecule has 1 aromatic heterocycles. The van der Waals surface area contributed by atoms with Crippen LogP contribution in [0.5, 0.6) is 17.2 Å². The Kier molecular flexibility index (Phi) is 12.0. The summed E-state index contributed by atoms with van der Waals surface area (Å²) in [6.07, 6.45) is 4.31. The molecule has 268 valence electrons. The van der Waals surface area contributed by atoms with Crippen molar-refractivity contribution in [2.45, 2.75) is 44.1 Å². The van der Waals surface area contributed by atoms with Crippen LogP contribution >= 0.6 is 23.2 Å². The lowest BCUT2D eigenvalue weighted by molar-refractivity contribution is -0.161. The number of methoxy groups -OCH3 is 3. The number of fused-ring (bicyclic) bond motifs is 3. The highest BCUT2D eigenvalue weighted by Crippen LogP contribution is 2.36. The van der Waals surface area contributed by atoms with Crippen LogP contribution < -0.4 is 19.5 Å². The smallest absolute Gasteiger partial charge is 0.338 e. The van der Waals surface area contributed by atoms with Crippen LogP contribution in [0.15, 0.2) is 79.1 Å². The fraction of sp³-hybridized carbons (Fsp3) is 0.359. The summed E-state index contributed by atoms with van der Waals surface area (Å²) in [7, 11) is 4.66. The quantitative estimate of drug-likeness (QED) is 0.136. The number of nitrogens with one attached hydrogen (secondary N) is 1. The van der Waals surface area contributed by atoms with Crippen molar-refractivity contribution in [3.05, 3.63) is 117 Å². The highest BCUT2D eigenvalue weighted by Gasteiger charge is 2.38. The maximum absolute atomic E-state index is 13.8. The molecule has 4 heterocycles. The highest BCUT2D eigenvalue weighted by molar-refractivity contribution is 6.35. The van der Waals surface area contributed by atoms with Crippen molar-refractivity contribution in [2.75, 3.05) is 41.0 Å². The van der Waals surface area contributed by atoms with Crippen molar-refractivity contribution in [2.24, 2.45) is 5.92 Å². The summed E-state index contributed by atoms with van der Waals surface area (Å²) in [4.78, 5) is 34.0. The molecule has 12 heteroatoms. The number of para-hydroxylation sites is 1. The molecular weight excluding hydrogens is 693 g/mol. The van der Waals surface area contributed by atoms with Crippen LogP contribution in [-0.4, -0.2) is 68.9 Å². The monoisotopic (exact) mass is 733 g/mol. The summed E-state index contributed by atoms with van der Waals surface area (Å²) in [6.45, 7) is 3.11. The number of rotatable bonds is 14. The number of hydrogen-bond acceptors (Lipinski definition) is 10. The number of pyridine rings is 1. The van der Waals surface area contributed by atoms with E-state index >= 15 is 0 Å². The number of carbonyl (C=O) groups excluding carboxylic acids is 2. The molecule has 3 atom stereocenters. The Bertz CT molecular complexity index is 1830. The van der Waals surface area contributed by atoms with Gasteiger partial charge in [0.1, 0.15) is 24.0 Å². The van der Waals surface area contributed by atoms with Gasteiger partial charge in [0.2, 0.25) is 0 Å². The van der Waals surface area contributed by atoms with Gasteiger partial charge in [-0.3, -0.25) is 15.2 Å². The largest absolute Gasteiger partial charge is 0.496 e. The molecule has 3 aromatic carbocycles. The Hall–Kier alpha value is -4.35. The molecule has 0 spiro atoms. The average Bonchev–Trinajstić information content (AvgIpc) is 3.16. The predicted octanol–water partition coefficient (Wildman–Crippen LogP) is 7.02. The predicted molar refractivity (Wildman–Crippen MR) is 194 cm³/mol. The average molecular weight is 735 g/mol. The first kappa shape index (κ1) is 36.4. The van der Waals surface area contributed by atoms with Crippen molar-refractivity contribution >= 4 is 35.1 Å². The minimum Gasteiger partial charge on any atom is -0.496 e. The fourth-order valence-electron chi connectivity index (χ4n) is 6.81. The first-order valence-electron chi connectivity index (χ1n) is 16.9. The highest BCUT2D eigenvalue weighted by atomic mass is 35.5. The van der Waals surface area contributed by atoms with E-state index in [0.717, 1.165) is 38.0 Å². The number of nitrogens with zero attached hydrogens (tertiary/aromatic N) is 2. The van der Waals surface area contributed by atoms with Gasteiger partial charge < -0.3 is 23.7 Å². The first-order valence-corrected chi connectivity index (χ1v) is 17.6. The summed E-state index contributed by atoms with van der Waals surface area (Å²) in [5.41, 5.74) is 3.02. The zero-order chi connectivity index (χ0) is 35.9. The van der Waals surface area contributed by atoms with Crippen LogP contribution in [0.25, 0.3) is 0 Å². The first-order chi connectivity index (χ1) is 24.8. The Morgan fingerprint density at radius 1 is 0.882 bits per heavy atom. The molecule has 3 aliphatic heterocycles. The summed E-state index contributed by atoms with van der Waals surface area (Å²) in [5.74, 6) is 1.04. The minimum absolute atomic E-state index is 0.146. The number of ether oxygens (including phenoxy) is 5. The summed E-state index contributed by atoms with van der Waals surface area (Å²) in [5, 5.41) is 4.09. The van der Waals surface area contributed by atoms with E-state index in [4.69, 9.17) is 46.9 Å². The Morgan fingerprint density at radius 3 is 2.29 bits per heavy atom. The molecule has 0 aliphatic carbocycles. The van der Waals surface area contributed by atoms with Gasteiger partial charge in [-0.25, -0.2) is 9.59 Å². The molecule has 0 radical (unpaired) electrons. The van der Waals surface area contributed by atoms with Crippen LogP contribution in [0.3, 0.4) is 0 Å². The molecule has 1 N–H and O–H groups in total. The SMILES string of the molecule is COc1ccc(C(Cc2c(Cl)cncc2Cl)OC(=O)c2cccc(CNC(C(=O)OC3CN4CCC3CC4)c3ccccc3OC)c2)cc1OC. The number of piperidine rings is 3. The lowest BCUT2D eigenvalue weighted by Gasteiger charge is -2.44. The molecule has 7 rings (SSSR count). The topological polar surface area (TPSA) is 108 Å². The van der Waals surface area contributed by atoms with Crippen molar-refractivity contribution in [3.63, 3.8) is 0 Å². The van der Waals surface area contributed by atoms with E-state index in [-0.39, 0.29) is 25.0 Å². The molecular formula is C39H41Cl2N3O7. The van der Waals surface area contributed by atoms with E-state index in [0.29, 0.717) is 55.5 Å². The molecule has 10 nitrogen and oxygen atoms in total. The van der Waals surface area contributed by atoms with Crippen LogP contribution in [0.2, 0.25) is 10.0 Å². The lowest BCUT2D eigenvalue weighted by atomic mass is 9.86. The third kappa shape index (κ3) is 8.59. The van der Waals surface area contributed by atoms with Gasteiger partial charge in [-0.1, -0.05) is 59.6 Å². The number of benzene rings is 3. The van der Waals surface area contributed by atoms with Crippen LogP contribution in [0.4, 0.5) is 0 Å². The molecule has 3 saturated heterocycles. The summed E-state index contributed by atoms with van der Waals surface area (Å²) < 4.78 is 28.9. The van der Waals surface area contributed by atoms with Gasteiger partial charge in [0.25, 0.3) is 0 Å². The van der Waals surface area contributed by atoms with Gasteiger partial charge in [0, 0.05) is 37.5 Å². The van der Waals surface area contributed by atoms with Gasteiger partial charge >= 0.3 is 11.9 Å². The molecule has 4 aromatic rings. The second kappa shape index (κ2) is 16.8. The molecule has 0 amide bonds. The number of esters is 2. The molecule has 2 bridgehead atoms. The molecule has 51 heavy (non-hydrogen) atoms. The van der Waals surface area contributed by atoms with Crippen LogP contribution in [0.1, 0.15) is 57.6 Å². The van der Waals surface area contributed by atoms with Gasteiger partial charge in [-0.2, -0.15) is 0 Å². The Morgan fingerprint density at radius 2 is 1.61 bits per heavy atom. The van der Waals surface area contributed by atoms with Crippen LogP contribution in [-0.2, 0) is 27.2 Å². The van der Waals surface area contributed by atoms with E-state index < -0.39 is 18.1 Å². The summed E-state index contributed by atoms with van der Waals surface area (Å²) >= 11 is 13.0.